The van der Waals surface area contributed by atoms with Gasteiger partial charge in [-0.1, -0.05) is 0 Å². The van der Waals surface area contributed by atoms with Crippen molar-refractivity contribution in [3.05, 3.63) is 0 Å². The predicted molar refractivity (Wildman–Crippen MR) is 124 cm³/mol. The Morgan fingerprint density at radius 3 is 1.52 bits per heavy atom. The summed E-state index contributed by atoms with van der Waals surface area (Å²) in [7, 11) is 0. The Balaban J connectivity index is 1.86. The van der Waals surface area contributed by atoms with Crippen molar-refractivity contribution >= 4 is 11.8 Å². The van der Waals surface area contributed by atoms with Gasteiger partial charge in [-0.3, -0.25) is 9.59 Å². The SMILES string of the molecule is CC(=O)N[C@H]1[C@H](O[C@H]2C(O)O[C@H](CO)[C@H](O)[C@@H]2O)O[C@H](CO)[C@@H](O[C@@H]2O[C@H](CO)[C@@H](O)[C@H](O)[C@H]2NC(C)=O)[C@@H]1O. The van der Waals surface area contributed by atoms with Crippen LogP contribution in [0.3, 0.4) is 0 Å². The minimum absolute atomic E-state index is 0.642. The highest BCUT2D eigenvalue weighted by Crippen LogP contribution is 2.32. The molecule has 0 aromatic rings. The third-order valence-corrected chi connectivity index (χ3v) is 6.90. The second-order valence-corrected chi connectivity index (χ2v) is 9.81. The van der Waals surface area contributed by atoms with E-state index in [1.807, 2.05) is 0 Å². The summed E-state index contributed by atoms with van der Waals surface area (Å²) in [5, 5.41) is 96.4. The monoisotopic (exact) mass is 586 g/mol. The lowest BCUT2D eigenvalue weighted by Crippen LogP contribution is -2.70. The summed E-state index contributed by atoms with van der Waals surface area (Å²) in [6.07, 6.45) is -21.1. The Hall–Kier alpha value is -1.62. The van der Waals surface area contributed by atoms with Crippen molar-refractivity contribution in [2.24, 2.45) is 0 Å². The van der Waals surface area contributed by atoms with Crippen molar-refractivity contribution in [3.63, 3.8) is 0 Å². The molecule has 3 heterocycles. The van der Waals surface area contributed by atoms with Crippen LogP contribution in [0.5, 0.6) is 0 Å². The van der Waals surface area contributed by atoms with Gasteiger partial charge in [0.05, 0.1) is 19.8 Å². The fraction of sp³-hybridized carbons (Fsp3) is 0.909. The van der Waals surface area contributed by atoms with Crippen LogP contribution in [0.2, 0.25) is 0 Å². The highest BCUT2D eigenvalue weighted by molar-refractivity contribution is 5.73. The first-order chi connectivity index (χ1) is 18.8. The van der Waals surface area contributed by atoms with Gasteiger partial charge in [0.25, 0.3) is 0 Å². The van der Waals surface area contributed by atoms with E-state index in [9.17, 15) is 55.5 Å². The quantitative estimate of drug-likeness (QED) is 0.120. The van der Waals surface area contributed by atoms with Crippen LogP contribution in [0.4, 0.5) is 0 Å². The molecule has 0 aliphatic carbocycles. The number of rotatable bonds is 9. The number of nitrogens with one attached hydrogen (secondary N) is 2. The van der Waals surface area contributed by atoms with Gasteiger partial charge in [-0.25, -0.2) is 0 Å². The molecule has 0 saturated carbocycles. The van der Waals surface area contributed by atoms with Crippen LogP contribution in [0.25, 0.3) is 0 Å². The smallest absolute Gasteiger partial charge is 0.217 e. The fourth-order valence-corrected chi connectivity index (χ4v) is 4.85. The van der Waals surface area contributed by atoms with Crippen molar-refractivity contribution in [3.8, 4) is 0 Å². The first-order valence-corrected chi connectivity index (χ1v) is 12.6. The maximum Gasteiger partial charge on any atom is 0.217 e. The Bertz CT molecular complexity index is 854. The summed E-state index contributed by atoms with van der Waals surface area (Å²) >= 11 is 0. The van der Waals surface area contributed by atoms with E-state index >= 15 is 0 Å². The molecule has 18 nitrogen and oxygen atoms in total. The van der Waals surface area contributed by atoms with Gasteiger partial charge in [0.15, 0.2) is 18.9 Å². The van der Waals surface area contributed by atoms with Crippen molar-refractivity contribution in [1.82, 2.24) is 10.6 Å². The van der Waals surface area contributed by atoms with E-state index in [1.165, 1.54) is 0 Å². The number of hydrogen-bond acceptors (Lipinski definition) is 16. The van der Waals surface area contributed by atoms with Gasteiger partial charge >= 0.3 is 0 Å². The summed E-state index contributed by atoms with van der Waals surface area (Å²) < 4.78 is 27.6. The van der Waals surface area contributed by atoms with Crippen LogP contribution in [0.1, 0.15) is 13.8 Å². The average molecular weight is 587 g/mol. The van der Waals surface area contributed by atoms with Gasteiger partial charge in [-0.05, 0) is 0 Å². The molecule has 18 heteroatoms. The molecule has 11 N–H and O–H groups in total. The van der Waals surface area contributed by atoms with Crippen LogP contribution < -0.4 is 10.6 Å². The van der Waals surface area contributed by atoms with E-state index in [0.29, 0.717) is 0 Å². The molecule has 15 atom stereocenters. The largest absolute Gasteiger partial charge is 0.394 e. The maximum absolute atomic E-state index is 12.0. The van der Waals surface area contributed by atoms with Gasteiger partial charge in [0, 0.05) is 13.8 Å². The zero-order valence-corrected chi connectivity index (χ0v) is 21.7. The average Bonchev–Trinajstić information content (AvgIpc) is 2.90. The molecule has 1 unspecified atom stereocenters. The number of ether oxygens (including phenoxy) is 5. The van der Waals surface area contributed by atoms with E-state index in [-0.39, 0.29) is 0 Å². The van der Waals surface area contributed by atoms with Crippen molar-refractivity contribution in [2.75, 3.05) is 19.8 Å². The summed E-state index contributed by atoms with van der Waals surface area (Å²) in [6, 6.07) is -2.90. The third-order valence-electron chi connectivity index (χ3n) is 6.90. The fourth-order valence-electron chi connectivity index (χ4n) is 4.85. The van der Waals surface area contributed by atoms with Crippen LogP contribution in [-0.2, 0) is 33.3 Å². The standard InChI is InChI=1S/C22H38N2O16/c1-6(28)23-11-15(32)13(30)9(4-26)37-21(11)39-18-10(5-27)38-22(12(16(18)33)24-7(2)29)40-19-17(34)14(31)8(3-25)36-20(19)35/h8-22,25-27,30-35H,3-5H2,1-2H3,(H,23,28)(H,24,29)/t8-,9-,10-,11-,12-,13-,14+,15-,16-,17+,18-,19-,20?,21+,22+/m1/s1. The molecule has 3 fully saturated rings. The molecular formula is C22H38N2O16. The van der Waals surface area contributed by atoms with E-state index in [2.05, 4.69) is 10.6 Å². The summed E-state index contributed by atoms with van der Waals surface area (Å²) in [6.45, 7) is -0.0923. The Morgan fingerprint density at radius 2 is 1.02 bits per heavy atom. The maximum atomic E-state index is 12.0. The number of carbonyl (C=O) groups is 2. The van der Waals surface area contributed by atoms with E-state index in [0.717, 1.165) is 13.8 Å². The Morgan fingerprint density at radius 1 is 0.600 bits per heavy atom. The summed E-state index contributed by atoms with van der Waals surface area (Å²) in [5.41, 5.74) is 0. The van der Waals surface area contributed by atoms with Crippen LogP contribution in [0, 0.1) is 0 Å². The number of aliphatic hydroxyl groups excluding tert-OH is 9. The second kappa shape index (κ2) is 14.0. The zero-order chi connectivity index (χ0) is 29.9. The van der Waals surface area contributed by atoms with Crippen molar-refractivity contribution in [1.29, 1.82) is 0 Å². The number of aliphatic hydroxyl groups is 9. The number of carbonyl (C=O) groups excluding carboxylic acids is 2. The molecule has 2 amide bonds. The zero-order valence-electron chi connectivity index (χ0n) is 21.7. The lowest BCUT2D eigenvalue weighted by Gasteiger charge is -2.49. The van der Waals surface area contributed by atoms with Crippen LogP contribution in [-0.4, -0.2) is 170 Å². The Labute approximate surface area is 228 Å². The molecule has 0 radical (unpaired) electrons. The van der Waals surface area contributed by atoms with Crippen LogP contribution in [0.15, 0.2) is 0 Å². The highest BCUT2D eigenvalue weighted by Gasteiger charge is 2.54. The summed E-state index contributed by atoms with van der Waals surface area (Å²) in [5.74, 6) is -1.33. The second-order valence-electron chi connectivity index (χ2n) is 9.81. The molecule has 0 aromatic carbocycles. The van der Waals surface area contributed by atoms with E-state index < -0.39 is 124 Å². The minimum Gasteiger partial charge on any atom is -0.394 e. The van der Waals surface area contributed by atoms with Gasteiger partial charge in [-0.15, -0.1) is 0 Å². The van der Waals surface area contributed by atoms with Gasteiger partial charge in [-0.2, -0.15) is 0 Å². The lowest BCUT2D eigenvalue weighted by molar-refractivity contribution is -0.362. The van der Waals surface area contributed by atoms with Crippen LogP contribution >= 0.6 is 0 Å². The molecule has 3 rings (SSSR count). The van der Waals surface area contributed by atoms with Crippen molar-refractivity contribution in [2.45, 2.75) is 106 Å². The summed E-state index contributed by atoms with van der Waals surface area (Å²) in [4.78, 5) is 23.7. The normalized spacial score (nSPS) is 46.0. The number of hydrogen-bond donors (Lipinski definition) is 11. The molecule has 3 saturated heterocycles. The predicted octanol–water partition coefficient (Wildman–Crippen LogP) is -7.29. The third kappa shape index (κ3) is 7.05. The number of amides is 2. The topological polar surface area (TPSA) is 286 Å². The minimum atomic E-state index is -1.88. The lowest BCUT2D eigenvalue weighted by atomic mass is 9.94. The molecule has 232 valence electrons. The first kappa shape index (κ1) is 32.9. The van der Waals surface area contributed by atoms with Gasteiger partial charge < -0.3 is 80.3 Å². The molecule has 0 bridgehead atoms. The molecule has 3 aliphatic heterocycles. The molecule has 0 spiro atoms. The van der Waals surface area contributed by atoms with Gasteiger partial charge in [0.1, 0.15) is 73.1 Å². The molecular weight excluding hydrogens is 548 g/mol. The van der Waals surface area contributed by atoms with E-state index in [4.69, 9.17) is 23.7 Å². The van der Waals surface area contributed by atoms with Crippen molar-refractivity contribution < 1.29 is 79.2 Å². The highest BCUT2D eigenvalue weighted by atomic mass is 16.7. The molecule has 40 heavy (non-hydrogen) atoms. The molecule has 0 aromatic heterocycles. The molecule has 3 aliphatic rings. The van der Waals surface area contributed by atoms with E-state index in [1.54, 1.807) is 0 Å². The Kier molecular flexibility index (Phi) is 11.5. The van der Waals surface area contributed by atoms with Gasteiger partial charge in [0.2, 0.25) is 11.8 Å². The first-order valence-electron chi connectivity index (χ1n) is 12.6.